The van der Waals surface area contributed by atoms with Crippen molar-refractivity contribution in [2.24, 2.45) is 5.92 Å². The summed E-state index contributed by atoms with van der Waals surface area (Å²) < 4.78 is 9.77. The van der Waals surface area contributed by atoms with Crippen molar-refractivity contribution in [3.05, 3.63) is 0 Å². The fourth-order valence-corrected chi connectivity index (χ4v) is 0.616. The largest absolute Gasteiger partial charge is 0.384 e. The van der Waals surface area contributed by atoms with Gasteiger partial charge in [0.05, 0.1) is 19.8 Å². The maximum atomic E-state index is 4.91. The molecule has 0 aromatic heterocycles. The highest BCUT2D eigenvalue weighted by Gasteiger charge is 2.16. The van der Waals surface area contributed by atoms with E-state index in [0.29, 0.717) is 5.92 Å². The summed E-state index contributed by atoms with van der Waals surface area (Å²) in [6, 6.07) is 0. The van der Waals surface area contributed by atoms with E-state index in [2.05, 4.69) is 0 Å². The molecule has 1 heterocycles. The molecule has 0 spiro atoms. The Bertz CT molecular complexity index is 50.0. The molecular formula is C5H10O2. The molecule has 0 amide bonds. The Morgan fingerprint density at radius 1 is 1.71 bits per heavy atom. The third kappa shape index (κ3) is 1.14. The molecule has 0 bridgehead atoms. The van der Waals surface area contributed by atoms with Crippen LogP contribution in [0.25, 0.3) is 0 Å². The SMILES string of the molecule is COCC1COC1. The summed E-state index contributed by atoms with van der Waals surface area (Å²) in [5.41, 5.74) is 0. The second-order valence-corrected chi connectivity index (χ2v) is 1.86. The lowest BCUT2D eigenvalue weighted by molar-refractivity contribution is -0.0635. The first-order valence-electron chi connectivity index (χ1n) is 2.50. The minimum Gasteiger partial charge on any atom is -0.384 e. The molecule has 1 fully saturated rings. The average Bonchev–Trinajstić information content (AvgIpc) is 1.55. The van der Waals surface area contributed by atoms with Crippen molar-refractivity contribution in [3.63, 3.8) is 0 Å². The Labute approximate surface area is 43.4 Å². The van der Waals surface area contributed by atoms with Crippen LogP contribution in [0.2, 0.25) is 0 Å². The summed E-state index contributed by atoms with van der Waals surface area (Å²) in [6.07, 6.45) is 0. The van der Waals surface area contributed by atoms with Gasteiger partial charge in [0.15, 0.2) is 0 Å². The summed E-state index contributed by atoms with van der Waals surface area (Å²) in [4.78, 5) is 0. The number of ether oxygens (including phenoxy) is 2. The Kier molecular flexibility index (Phi) is 1.65. The van der Waals surface area contributed by atoms with Crippen LogP contribution in [-0.4, -0.2) is 26.9 Å². The highest BCUT2D eigenvalue weighted by atomic mass is 16.5. The van der Waals surface area contributed by atoms with Gasteiger partial charge in [0, 0.05) is 13.0 Å². The molecule has 1 aliphatic heterocycles. The van der Waals surface area contributed by atoms with Crippen LogP contribution in [0.3, 0.4) is 0 Å². The first kappa shape index (κ1) is 5.06. The zero-order chi connectivity index (χ0) is 5.11. The van der Waals surface area contributed by atoms with E-state index in [1.54, 1.807) is 7.11 Å². The van der Waals surface area contributed by atoms with Crippen molar-refractivity contribution in [2.75, 3.05) is 26.9 Å². The average molecular weight is 102 g/mol. The molecule has 0 unspecified atom stereocenters. The number of hydrogen-bond acceptors (Lipinski definition) is 2. The zero-order valence-electron chi connectivity index (χ0n) is 4.52. The van der Waals surface area contributed by atoms with E-state index >= 15 is 0 Å². The molecule has 1 saturated heterocycles. The Hall–Kier alpha value is -0.0800. The molecule has 2 nitrogen and oxygen atoms in total. The van der Waals surface area contributed by atoms with E-state index in [-0.39, 0.29) is 0 Å². The lowest BCUT2D eigenvalue weighted by Crippen LogP contribution is -2.30. The Morgan fingerprint density at radius 2 is 2.43 bits per heavy atom. The maximum Gasteiger partial charge on any atom is 0.0538 e. The van der Waals surface area contributed by atoms with Crippen LogP contribution in [0.4, 0.5) is 0 Å². The van der Waals surface area contributed by atoms with Gasteiger partial charge in [-0.2, -0.15) is 0 Å². The van der Waals surface area contributed by atoms with Crippen LogP contribution in [0, 0.1) is 5.92 Å². The van der Waals surface area contributed by atoms with Crippen molar-refractivity contribution >= 4 is 0 Å². The summed E-state index contributed by atoms with van der Waals surface area (Å²) in [5, 5.41) is 0. The minimum absolute atomic E-state index is 0.685. The second kappa shape index (κ2) is 2.28. The monoisotopic (exact) mass is 102 g/mol. The predicted octanol–water partition coefficient (Wildman–Crippen LogP) is 0.279. The molecule has 0 aromatic rings. The molecule has 42 valence electrons. The Balaban J connectivity index is 1.93. The molecule has 1 aliphatic rings. The highest BCUT2D eigenvalue weighted by Crippen LogP contribution is 2.08. The van der Waals surface area contributed by atoms with Gasteiger partial charge in [0.2, 0.25) is 0 Å². The molecule has 2 heteroatoms. The van der Waals surface area contributed by atoms with E-state index in [4.69, 9.17) is 9.47 Å². The summed E-state index contributed by atoms with van der Waals surface area (Å²) >= 11 is 0. The van der Waals surface area contributed by atoms with Crippen LogP contribution >= 0.6 is 0 Å². The van der Waals surface area contributed by atoms with Crippen molar-refractivity contribution in [2.45, 2.75) is 0 Å². The third-order valence-corrected chi connectivity index (χ3v) is 1.11. The lowest BCUT2D eigenvalue weighted by Gasteiger charge is -2.24. The number of hydrogen-bond donors (Lipinski definition) is 0. The molecule has 0 radical (unpaired) electrons. The van der Waals surface area contributed by atoms with Gasteiger partial charge in [0.25, 0.3) is 0 Å². The van der Waals surface area contributed by atoms with Crippen molar-refractivity contribution in [3.8, 4) is 0 Å². The number of methoxy groups -OCH3 is 1. The molecule has 0 saturated carbocycles. The fourth-order valence-electron chi connectivity index (χ4n) is 0.616. The van der Waals surface area contributed by atoms with Crippen LogP contribution in [0.5, 0.6) is 0 Å². The highest BCUT2D eigenvalue weighted by molar-refractivity contribution is 4.62. The van der Waals surface area contributed by atoms with Gasteiger partial charge < -0.3 is 9.47 Å². The first-order valence-corrected chi connectivity index (χ1v) is 2.50. The van der Waals surface area contributed by atoms with Crippen molar-refractivity contribution < 1.29 is 9.47 Å². The molecule has 7 heavy (non-hydrogen) atoms. The van der Waals surface area contributed by atoms with Crippen LogP contribution in [0.15, 0.2) is 0 Å². The van der Waals surface area contributed by atoms with Crippen molar-refractivity contribution in [1.82, 2.24) is 0 Å². The second-order valence-electron chi connectivity index (χ2n) is 1.86. The summed E-state index contributed by atoms with van der Waals surface area (Å²) in [7, 11) is 1.72. The van der Waals surface area contributed by atoms with Gasteiger partial charge in [-0.15, -0.1) is 0 Å². The molecule has 1 rings (SSSR count). The van der Waals surface area contributed by atoms with Gasteiger partial charge in [-0.25, -0.2) is 0 Å². The van der Waals surface area contributed by atoms with Gasteiger partial charge >= 0.3 is 0 Å². The van der Waals surface area contributed by atoms with E-state index in [1.807, 2.05) is 0 Å². The topological polar surface area (TPSA) is 18.5 Å². The molecule has 0 atom stereocenters. The number of rotatable bonds is 2. The molecular weight excluding hydrogens is 92.1 g/mol. The fraction of sp³-hybridized carbons (Fsp3) is 1.00. The van der Waals surface area contributed by atoms with Gasteiger partial charge in [-0.05, 0) is 0 Å². The van der Waals surface area contributed by atoms with Gasteiger partial charge in [-0.1, -0.05) is 0 Å². The van der Waals surface area contributed by atoms with Gasteiger partial charge in [-0.3, -0.25) is 0 Å². The normalized spacial score (nSPS) is 21.9. The quantitative estimate of drug-likeness (QED) is 0.498. The van der Waals surface area contributed by atoms with E-state index in [1.165, 1.54) is 0 Å². The van der Waals surface area contributed by atoms with Crippen LogP contribution in [0.1, 0.15) is 0 Å². The van der Waals surface area contributed by atoms with E-state index < -0.39 is 0 Å². The Morgan fingerprint density at radius 3 is 2.57 bits per heavy atom. The third-order valence-electron chi connectivity index (χ3n) is 1.11. The minimum atomic E-state index is 0.685. The smallest absolute Gasteiger partial charge is 0.0538 e. The summed E-state index contributed by atoms with van der Waals surface area (Å²) in [6.45, 7) is 2.65. The first-order chi connectivity index (χ1) is 3.43. The van der Waals surface area contributed by atoms with E-state index in [9.17, 15) is 0 Å². The zero-order valence-corrected chi connectivity index (χ0v) is 4.52. The van der Waals surface area contributed by atoms with Crippen LogP contribution in [-0.2, 0) is 9.47 Å². The lowest BCUT2D eigenvalue weighted by atomic mass is 10.1. The molecule has 0 N–H and O–H groups in total. The standard InChI is InChI=1S/C5H10O2/c1-6-2-5-3-7-4-5/h5H,2-4H2,1H3. The summed E-state index contributed by atoms with van der Waals surface area (Å²) in [5.74, 6) is 0.685. The van der Waals surface area contributed by atoms with Crippen molar-refractivity contribution in [1.29, 1.82) is 0 Å². The van der Waals surface area contributed by atoms with E-state index in [0.717, 1.165) is 19.8 Å². The molecule has 0 aromatic carbocycles. The van der Waals surface area contributed by atoms with Gasteiger partial charge in [0.1, 0.15) is 0 Å². The van der Waals surface area contributed by atoms with Crippen LogP contribution < -0.4 is 0 Å². The maximum absolute atomic E-state index is 4.91. The predicted molar refractivity (Wildman–Crippen MR) is 26.2 cm³/mol. The molecule has 0 aliphatic carbocycles.